The number of hydrogen-bond acceptors (Lipinski definition) is 4. The van der Waals surface area contributed by atoms with Gasteiger partial charge in [0.2, 0.25) is 0 Å². The summed E-state index contributed by atoms with van der Waals surface area (Å²) in [5.74, 6) is 0.601. The minimum absolute atomic E-state index is 0.518. The van der Waals surface area contributed by atoms with Gasteiger partial charge in [-0.25, -0.2) is 0 Å². The Bertz CT molecular complexity index is 385. The van der Waals surface area contributed by atoms with Gasteiger partial charge in [-0.3, -0.25) is 0 Å². The van der Waals surface area contributed by atoms with Crippen molar-refractivity contribution in [3.8, 4) is 11.8 Å². The molecule has 0 heterocycles. The SMILES string of the molecule is CCNCCOCc1ccc(OC)c(C#N)c1. The monoisotopic (exact) mass is 234 g/mol. The third kappa shape index (κ3) is 4.43. The molecule has 0 spiro atoms. The average molecular weight is 234 g/mol. The first kappa shape index (κ1) is 13.5. The van der Waals surface area contributed by atoms with Crippen molar-refractivity contribution in [3.05, 3.63) is 29.3 Å². The fourth-order valence-corrected chi connectivity index (χ4v) is 1.44. The van der Waals surface area contributed by atoms with Crippen LogP contribution in [-0.4, -0.2) is 26.8 Å². The molecule has 0 atom stereocenters. The molecule has 1 aromatic rings. The minimum Gasteiger partial charge on any atom is -0.495 e. The molecule has 0 aliphatic rings. The second-order valence-electron chi connectivity index (χ2n) is 3.55. The zero-order chi connectivity index (χ0) is 12.5. The summed E-state index contributed by atoms with van der Waals surface area (Å²) in [6, 6.07) is 7.61. The number of rotatable bonds is 7. The van der Waals surface area contributed by atoms with Gasteiger partial charge in [0, 0.05) is 6.54 Å². The van der Waals surface area contributed by atoms with Gasteiger partial charge in [0.15, 0.2) is 0 Å². The molecule has 0 radical (unpaired) electrons. The molecule has 0 bridgehead atoms. The van der Waals surface area contributed by atoms with Crippen molar-refractivity contribution >= 4 is 0 Å². The van der Waals surface area contributed by atoms with Crippen LogP contribution >= 0.6 is 0 Å². The first-order chi connectivity index (χ1) is 8.31. The Labute approximate surface area is 102 Å². The first-order valence-corrected chi connectivity index (χ1v) is 5.67. The van der Waals surface area contributed by atoms with Crippen molar-refractivity contribution in [1.82, 2.24) is 5.32 Å². The van der Waals surface area contributed by atoms with Gasteiger partial charge < -0.3 is 14.8 Å². The number of nitriles is 1. The smallest absolute Gasteiger partial charge is 0.136 e. The zero-order valence-corrected chi connectivity index (χ0v) is 10.3. The molecule has 92 valence electrons. The Kier molecular flexibility index (Phi) is 6.08. The summed E-state index contributed by atoms with van der Waals surface area (Å²) in [6.45, 7) is 5.04. The molecule has 4 nitrogen and oxygen atoms in total. The van der Waals surface area contributed by atoms with Gasteiger partial charge in [-0.2, -0.15) is 5.26 Å². The lowest BCUT2D eigenvalue weighted by Crippen LogP contribution is -2.18. The molecule has 0 saturated heterocycles. The summed E-state index contributed by atoms with van der Waals surface area (Å²) >= 11 is 0. The molecule has 17 heavy (non-hydrogen) atoms. The Balaban J connectivity index is 2.47. The molecule has 0 aromatic heterocycles. The maximum atomic E-state index is 8.93. The fourth-order valence-electron chi connectivity index (χ4n) is 1.44. The average Bonchev–Trinajstić information content (AvgIpc) is 2.38. The lowest BCUT2D eigenvalue weighted by atomic mass is 10.1. The van der Waals surface area contributed by atoms with E-state index in [9.17, 15) is 0 Å². The van der Waals surface area contributed by atoms with E-state index in [2.05, 4.69) is 18.3 Å². The molecule has 1 aromatic carbocycles. The Morgan fingerprint density at radius 3 is 2.88 bits per heavy atom. The van der Waals surface area contributed by atoms with Crippen molar-refractivity contribution in [2.75, 3.05) is 26.8 Å². The summed E-state index contributed by atoms with van der Waals surface area (Å²) in [6.07, 6.45) is 0. The van der Waals surface area contributed by atoms with E-state index in [1.807, 2.05) is 6.07 Å². The first-order valence-electron chi connectivity index (χ1n) is 5.67. The lowest BCUT2D eigenvalue weighted by molar-refractivity contribution is 0.123. The van der Waals surface area contributed by atoms with Gasteiger partial charge in [-0.05, 0) is 24.2 Å². The van der Waals surface area contributed by atoms with E-state index in [1.54, 1.807) is 19.2 Å². The highest BCUT2D eigenvalue weighted by Crippen LogP contribution is 2.19. The van der Waals surface area contributed by atoms with E-state index in [4.69, 9.17) is 14.7 Å². The van der Waals surface area contributed by atoms with Crippen molar-refractivity contribution in [1.29, 1.82) is 5.26 Å². The Hall–Kier alpha value is -1.57. The van der Waals surface area contributed by atoms with Crippen LogP contribution in [0.1, 0.15) is 18.1 Å². The van der Waals surface area contributed by atoms with E-state index >= 15 is 0 Å². The van der Waals surface area contributed by atoms with Crippen LogP contribution in [0.5, 0.6) is 5.75 Å². The van der Waals surface area contributed by atoms with Gasteiger partial charge in [0.1, 0.15) is 11.8 Å². The predicted molar refractivity (Wildman–Crippen MR) is 65.9 cm³/mol. The Morgan fingerprint density at radius 1 is 1.41 bits per heavy atom. The van der Waals surface area contributed by atoms with E-state index in [0.717, 1.165) is 18.7 Å². The van der Waals surface area contributed by atoms with Gasteiger partial charge in [-0.1, -0.05) is 13.0 Å². The van der Waals surface area contributed by atoms with E-state index < -0.39 is 0 Å². The van der Waals surface area contributed by atoms with Gasteiger partial charge in [0.05, 0.1) is 25.9 Å². The van der Waals surface area contributed by atoms with Crippen LogP contribution in [0.25, 0.3) is 0 Å². The number of methoxy groups -OCH3 is 1. The van der Waals surface area contributed by atoms with Crippen LogP contribution < -0.4 is 10.1 Å². The predicted octanol–water partition coefficient (Wildman–Crippen LogP) is 1.69. The molecule has 1 N–H and O–H groups in total. The number of likely N-dealkylation sites (N-methyl/N-ethyl adjacent to an activating group) is 1. The second-order valence-corrected chi connectivity index (χ2v) is 3.55. The highest BCUT2D eigenvalue weighted by molar-refractivity contribution is 5.45. The molecule has 0 aliphatic carbocycles. The van der Waals surface area contributed by atoms with E-state index in [0.29, 0.717) is 24.5 Å². The fraction of sp³-hybridized carbons (Fsp3) is 0.462. The van der Waals surface area contributed by atoms with Crippen molar-refractivity contribution in [2.24, 2.45) is 0 Å². The number of hydrogen-bond donors (Lipinski definition) is 1. The molecule has 0 aliphatic heterocycles. The molecular weight excluding hydrogens is 216 g/mol. The van der Waals surface area contributed by atoms with E-state index in [-0.39, 0.29) is 0 Å². The maximum Gasteiger partial charge on any atom is 0.136 e. The Morgan fingerprint density at radius 2 is 2.24 bits per heavy atom. The van der Waals surface area contributed by atoms with Crippen LogP contribution in [0.4, 0.5) is 0 Å². The normalized spacial score (nSPS) is 9.94. The summed E-state index contributed by atoms with van der Waals surface area (Å²) < 4.78 is 10.6. The van der Waals surface area contributed by atoms with Crippen LogP contribution in [0.3, 0.4) is 0 Å². The van der Waals surface area contributed by atoms with Gasteiger partial charge in [-0.15, -0.1) is 0 Å². The standard InChI is InChI=1S/C13H18N2O2/c1-3-15-6-7-17-10-11-4-5-13(16-2)12(8-11)9-14/h4-5,8,15H,3,6-7,10H2,1-2H3. The number of benzene rings is 1. The molecule has 1 rings (SSSR count). The van der Waals surface area contributed by atoms with Crippen LogP contribution in [0, 0.1) is 11.3 Å². The summed E-state index contributed by atoms with van der Waals surface area (Å²) in [5.41, 5.74) is 1.53. The van der Waals surface area contributed by atoms with Crippen LogP contribution in [-0.2, 0) is 11.3 Å². The third-order valence-corrected chi connectivity index (χ3v) is 2.33. The number of nitrogens with zero attached hydrogens (tertiary/aromatic N) is 1. The van der Waals surface area contributed by atoms with Crippen LogP contribution in [0.15, 0.2) is 18.2 Å². The maximum absolute atomic E-state index is 8.93. The van der Waals surface area contributed by atoms with Crippen molar-refractivity contribution < 1.29 is 9.47 Å². The highest BCUT2D eigenvalue weighted by atomic mass is 16.5. The minimum atomic E-state index is 0.518. The van der Waals surface area contributed by atoms with Gasteiger partial charge in [0.25, 0.3) is 0 Å². The third-order valence-electron chi connectivity index (χ3n) is 2.33. The summed E-state index contributed by atoms with van der Waals surface area (Å²) in [7, 11) is 1.56. The van der Waals surface area contributed by atoms with Gasteiger partial charge >= 0.3 is 0 Å². The van der Waals surface area contributed by atoms with Crippen molar-refractivity contribution in [2.45, 2.75) is 13.5 Å². The second kappa shape index (κ2) is 7.66. The molecule has 0 amide bonds. The largest absolute Gasteiger partial charge is 0.495 e. The van der Waals surface area contributed by atoms with Crippen LogP contribution in [0.2, 0.25) is 0 Å². The summed E-state index contributed by atoms with van der Waals surface area (Å²) in [5, 5.41) is 12.1. The molecule has 0 saturated carbocycles. The molecule has 4 heteroatoms. The van der Waals surface area contributed by atoms with Crippen molar-refractivity contribution in [3.63, 3.8) is 0 Å². The topological polar surface area (TPSA) is 54.3 Å². The number of nitrogens with one attached hydrogen (secondary N) is 1. The zero-order valence-electron chi connectivity index (χ0n) is 10.3. The number of ether oxygens (including phenoxy) is 2. The molecule has 0 unspecified atom stereocenters. The highest BCUT2D eigenvalue weighted by Gasteiger charge is 2.03. The quantitative estimate of drug-likeness (QED) is 0.729. The summed E-state index contributed by atoms with van der Waals surface area (Å²) in [4.78, 5) is 0. The lowest BCUT2D eigenvalue weighted by Gasteiger charge is -2.07. The van der Waals surface area contributed by atoms with E-state index in [1.165, 1.54) is 0 Å². The molecule has 0 fully saturated rings. The molecular formula is C13H18N2O2.